The Kier molecular flexibility index (Phi) is 7.08. The predicted molar refractivity (Wildman–Crippen MR) is 104 cm³/mol. The summed E-state index contributed by atoms with van der Waals surface area (Å²) in [4.78, 5) is 12.0. The molecule has 1 amide bonds. The number of rotatable bonds is 8. The molecule has 1 heterocycles. The molecule has 4 heteroatoms. The Morgan fingerprint density at radius 3 is 2.46 bits per heavy atom. The fourth-order valence-electron chi connectivity index (χ4n) is 3.26. The minimum Gasteiger partial charge on any atom is -0.489 e. The summed E-state index contributed by atoms with van der Waals surface area (Å²) in [5.41, 5.74) is 2.37. The fraction of sp³-hybridized carbons (Fsp3) is 0.409. The van der Waals surface area contributed by atoms with Crippen LogP contribution in [0, 0.1) is 5.92 Å². The van der Waals surface area contributed by atoms with E-state index in [1.54, 1.807) is 0 Å². The lowest BCUT2D eigenvalue weighted by molar-refractivity contribution is -0.122. The van der Waals surface area contributed by atoms with E-state index < -0.39 is 0 Å². The Hall–Kier alpha value is -2.33. The summed E-state index contributed by atoms with van der Waals surface area (Å²) in [6.45, 7) is 3.34. The normalized spacial score (nSPS) is 14.8. The SMILES string of the molecule is O=C(CC1CCNCC1)NCCc1ccc(OCc2ccccc2)cc1. The van der Waals surface area contributed by atoms with Gasteiger partial charge in [0.05, 0.1) is 0 Å². The van der Waals surface area contributed by atoms with Crippen molar-refractivity contribution in [2.24, 2.45) is 5.92 Å². The molecule has 0 aromatic heterocycles. The first-order chi connectivity index (χ1) is 12.8. The van der Waals surface area contributed by atoms with Crippen molar-refractivity contribution in [2.45, 2.75) is 32.3 Å². The molecule has 0 spiro atoms. The van der Waals surface area contributed by atoms with E-state index in [2.05, 4.69) is 34.9 Å². The highest BCUT2D eigenvalue weighted by atomic mass is 16.5. The van der Waals surface area contributed by atoms with E-state index >= 15 is 0 Å². The quantitative estimate of drug-likeness (QED) is 0.766. The van der Waals surface area contributed by atoms with Crippen LogP contribution in [0.2, 0.25) is 0 Å². The van der Waals surface area contributed by atoms with Crippen molar-refractivity contribution < 1.29 is 9.53 Å². The second-order valence-electron chi connectivity index (χ2n) is 6.92. The Balaban J connectivity index is 1.35. The number of nitrogens with one attached hydrogen (secondary N) is 2. The van der Waals surface area contributed by atoms with Crippen LogP contribution in [0.4, 0.5) is 0 Å². The highest BCUT2D eigenvalue weighted by molar-refractivity contribution is 5.76. The van der Waals surface area contributed by atoms with Gasteiger partial charge in [-0.05, 0) is 61.5 Å². The number of carbonyl (C=O) groups is 1. The molecule has 1 fully saturated rings. The number of piperidine rings is 1. The highest BCUT2D eigenvalue weighted by Crippen LogP contribution is 2.16. The van der Waals surface area contributed by atoms with Crippen molar-refractivity contribution >= 4 is 5.91 Å². The minimum atomic E-state index is 0.180. The van der Waals surface area contributed by atoms with Crippen molar-refractivity contribution in [3.8, 4) is 5.75 Å². The summed E-state index contributed by atoms with van der Waals surface area (Å²) in [6, 6.07) is 18.3. The number of ether oxygens (including phenoxy) is 1. The third-order valence-electron chi connectivity index (χ3n) is 4.84. The lowest BCUT2D eigenvalue weighted by Gasteiger charge is -2.21. The first-order valence-corrected chi connectivity index (χ1v) is 9.53. The number of amides is 1. The average molecular weight is 352 g/mol. The van der Waals surface area contributed by atoms with Crippen LogP contribution in [0.5, 0.6) is 5.75 Å². The molecule has 1 aliphatic rings. The molecule has 26 heavy (non-hydrogen) atoms. The Morgan fingerprint density at radius 1 is 1.00 bits per heavy atom. The lowest BCUT2D eigenvalue weighted by atomic mass is 9.94. The molecule has 138 valence electrons. The van der Waals surface area contributed by atoms with Crippen molar-refractivity contribution in [1.82, 2.24) is 10.6 Å². The largest absolute Gasteiger partial charge is 0.489 e. The second kappa shape index (κ2) is 9.97. The monoisotopic (exact) mass is 352 g/mol. The van der Waals surface area contributed by atoms with Crippen LogP contribution in [0.15, 0.2) is 54.6 Å². The first kappa shape index (κ1) is 18.5. The van der Waals surface area contributed by atoms with E-state index in [4.69, 9.17) is 4.74 Å². The Bertz CT molecular complexity index is 664. The molecule has 2 N–H and O–H groups in total. The van der Waals surface area contributed by atoms with Gasteiger partial charge in [-0.25, -0.2) is 0 Å². The van der Waals surface area contributed by atoms with Crippen molar-refractivity contribution in [1.29, 1.82) is 0 Å². The van der Waals surface area contributed by atoms with Crippen LogP contribution in [0.3, 0.4) is 0 Å². The standard InChI is InChI=1S/C22H28N2O2/c25-22(16-19-10-13-23-14-11-19)24-15-12-18-6-8-21(9-7-18)26-17-20-4-2-1-3-5-20/h1-9,19,23H,10-17H2,(H,24,25). The molecule has 1 aliphatic heterocycles. The minimum absolute atomic E-state index is 0.180. The zero-order valence-corrected chi connectivity index (χ0v) is 15.2. The molecule has 0 unspecified atom stereocenters. The fourth-order valence-corrected chi connectivity index (χ4v) is 3.26. The highest BCUT2D eigenvalue weighted by Gasteiger charge is 2.16. The maximum absolute atomic E-state index is 12.0. The van der Waals surface area contributed by atoms with Crippen LogP contribution in [-0.2, 0) is 17.8 Å². The van der Waals surface area contributed by atoms with E-state index in [1.807, 2.05) is 30.3 Å². The molecule has 0 radical (unpaired) electrons. The molecule has 4 nitrogen and oxygen atoms in total. The van der Waals surface area contributed by atoms with Crippen LogP contribution >= 0.6 is 0 Å². The van der Waals surface area contributed by atoms with E-state index in [0.29, 0.717) is 25.5 Å². The number of carbonyl (C=O) groups excluding carboxylic acids is 1. The Morgan fingerprint density at radius 2 is 1.73 bits per heavy atom. The first-order valence-electron chi connectivity index (χ1n) is 9.53. The maximum atomic E-state index is 12.0. The van der Waals surface area contributed by atoms with Gasteiger partial charge in [-0.1, -0.05) is 42.5 Å². The molecule has 0 aliphatic carbocycles. The molecule has 2 aromatic carbocycles. The second-order valence-corrected chi connectivity index (χ2v) is 6.92. The van der Waals surface area contributed by atoms with Crippen molar-refractivity contribution in [2.75, 3.05) is 19.6 Å². The smallest absolute Gasteiger partial charge is 0.220 e. The van der Waals surface area contributed by atoms with Gasteiger partial charge in [0, 0.05) is 13.0 Å². The van der Waals surface area contributed by atoms with Gasteiger partial charge in [0.25, 0.3) is 0 Å². The van der Waals surface area contributed by atoms with Crippen molar-refractivity contribution in [3.05, 3.63) is 65.7 Å². The average Bonchev–Trinajstić information content (AvgIpc) is 2.69. The molecule has 0 atom stereocenters. The molecule has 3 rings (SSSR count). The zero-order chi connectivity index (χ0) is 18.0. The maximum Gasteiger partial charge on any atom is 0.220 e. The number of hydrogen-bond acceptors (Lipinski definition) is 3. The third kappa shape index (κ3) is 6.19. The summed E-state index contributed by atoms with van der Waals surface area (Å²) in [6.07, 6.45) is 3.72. The van der Waals surface area contributed by atoms with Gasteiger partial charge in [0.2, 0.25) is 5.91 Å². The molecule has 0 bridgehead atoms. The van der Waals surface area contributed by atoms with Crippen molar-refractivity contribution in [3.63, 3.8) is 0 Å². The van der Waals surface area contributed by atoms with Gasteiger partial charge >= 0.3 is 0 Å². The van der Waals surface area contributed by atoms with Crippen LogP contribution in [0.25, 0.3) is 0 Å². The number of hydrogen-bond donors (Lipinski definition) is 2. The van der Waals surface area contributed by atoms with Gasteiger partial charge in [0.15, 0.2) is 0 Å². The third-order valence-corrected chi connectivity index (χ3v) is 4.84. The van der Waals surface area contributed by atoms with Gasteiger partial charge in [-0.15, -0.1) is 0 Å². The molecule has 0 saturated carbocycles. The van der Waals surface area contributed by atoms with Gasteiger partial charge in [0.1, 0.15) is 12.4 Å². The van der Waals surface area contributed by atoms with E-state index in [0.717, 1.165) is 43.7 Å². The lowest BCUT2D eigenvalue weighted by Crippen LogP contribution is -2.33. The number of benzene rings is 2. The van der Waals surface area contributed by atoms with Crippen LogP contribution in [-0.4, -0.2) is 25.5 Å². The summed E-state index contributed by atoms with van der Waals surface area (Å²) >= 11 is 0. The van der Waals surface area contributed by atoms with E-state index in [-0.39, 0.29) is 5.91 Å². The van der Waals surface area contributed by atoms with Crippen LogP contribution in [0.1, 0.15) is 30.4 Å². The van der Waals surface area contributed by atoms with E-state index in [1.165, 1.54) is 5.56 Å². The molecular formula is C22H28N2O2. The topological polar surface area (TPSA) is 50.4 Å². The predicted octanol–water partition coefficient (Wildman–Crippen LogP) is 3.31. The Labute approximate surface area is 156 Å². The summed E-state index contributed by atoms with van der Waals surface area (Å²) in [5.74, 6) is 1.59. The van der Waals surface area contributed by atoms with Gasteiger partial charge in [-0.3, -0.25) is 4.79 Å². The molecule has 1 saturated heterocycles. The van der Waals surface area contributed by atoms with E-state index in [9.17, 15) is 4.79 Å². The van der Waals surface area contributed by atoms with Crippen LogP contribution < -0.4 is 15.4 Å². The molecular weight excluding hydrogens is 324 g/mol. The summed E-state index contributed by atoms with van der Waals surface area (Å²) in [7, 11) is 0. The zero-order valence-electron chi connectivity index (χ0n) is 15.2. The summed E-state index contributed by atoms with van der Waals surface area (Å²) in [5, 5.41) is 6.38. The van der Waals surface area contributed by atoms with Gasteiger partial charge in [-0.2, -0.15) is 0 Å². The molecule has 2 aromatic rings. The summed E-state index contributed by atoms with van der Waals surface area (Å²) < 4.78 is 5.80. The van der Waals surface area contributed by atoms with Gasteiger partial charge < -0.3 is 15.4 Å².